The van der Waals surface area contributed by atoms with Gasteiger partial charge in [0.1, 0.15) is 5.75 Å². The van der Waals surface area contributed by atoms with Crippen LogP contribution < -0.4 is 10.1 Å². The van der Waals surface area contributed by atoms with Crippen LogP contribution in [0.1, 0.15) is 27.6 Å². The van der Waals surface area contributed by atoms with Crippen LogP contribution in [-0.2, 0) is 4.74 Å². The number of alkyl halides is 2. The van der Waals surface area contributed by atoms with Crippen LogP contribution in [0.15, 0.2) is 48.5 Å². The largest absolute Gasteiger partial charge is 0.462 e. The highest BCUT2D eigenvalue weighted by Crippen LogP contribution is 2.17. The van der Waals surface area contributed by atoms with Gasteiger partial charge in [-0.3, -0.25) is 4.79 Å². The van der Waals surface area contributed by atoms with Gasteiger partial charge < -0.3 is 14.8 Å². The van der Waals surface area contributed by atoms with Crippen LogP contribution in [0, 0.1) is 0 Å². The highest BCUT2D eigenvalue weighted by Gasteiger charge is 2.10. The van der Waals surface area contributed by atoms with Crippen molar-refractivity contribution in [1.82, 2.24) is 0 Å². The van der Waals surface area contributed by atoms with Crippen LogP contribution in [0.3, 0.4) is 0 Å². The van der Waals surface area contributed by atoms with Gasteiger partial charge in [-0.2, -0.15) is 8.78 Å². The van der Waals surface area contributed by atoms with Gasteiger partial charge in [-0.1, -0.05) is 0 Å². The van der Waals surface area contributed by atoms with Gasteiger partial charge >= 0.3 is 12.6 Å². The van der Waals surface area contributed by atoms with Crippen molar-refractivity contribution in [3.05, 3.63) is 59.7 Å². The number of esters is 1. The van der Waals surface area contributed by atoms with Crippen molar-refractivity contribution < 1.29 is 27.8 Å². The molecule has 0 unspecified atom stereocenters. The summed E-state index contributed by atoms with van der Waals surface area (Å²) in [6, 6.07) is 11.5. The summed E-state index contributed by atoms with van der Waals surface area (Å²) in [5.74, 6) is -0.882. The Labute approximate surface area is 137 Å². The molecular formula is C17H15F2NO4. The lowest BCUT2D eigenvalue weighted by molar-refractivity contribution is -0.0498. The number of anilines is 1. The quantitative estimate of drug-likeness (QED) is 0.817. The van der Waals surface area contributed by atoms with E-state index in [9.17, 15) is 18.4 Å². The Morgan fingerprint density at radius 2 is 1.58 bits per heavy atom. The fourth-order valence-electron chi connectivity index (χ4n) is 1.90. The molecule has 0 radical (unpaired) electrons. The second-order valence-corrected chi connectivity index (χ2v) is 4.65. The Morgan fingerprint density at radius 3 is 2.12 bits per heavy atom. The average Bonchev–Trinajstić information content (AvgIpc) is 2.56. The number of benzene rings is 2. The summed E-state index contributed by atoms with van der Waals surface area (Å²) in [6.07, 6.45) is 0. The molecular weight excluding hydrogens is 320 g/mol. The molecule has 0 atom stereocenters. The van der Waals surface area contributed by atoms with E-state index in [-0.39, 0.29) is 17.9 Å². The number of hydrogen-bond acceptors (Lipinski definition) is 4. The molecule has 1 amide bonds. The normalized spacial score (nSPS) is 10.3. The summed E-state index contributed by atoms with van der Waals surface area (Å²) >= 11 is 0. The molecule has 0 heterocycles. The molecule has 0 saturated heterocycles. The molecule has 0 aliphatic carbocycles. The minimum atomic E-state index is -2.91. The standard InChI is InChI=1S/C17H15F2NO4/c1-2-23-16(22)12-3-7-13(8-4-12)20-15(21)11-5-9-14(10-6-11)24-17(18)19/h3-10,17H,2H2,1H3,(H,20,21). The van der Waals surface area contributed by atoms with E-state index >= 15 is 0 Å². The van der Waals surface area contributed by atoms with E-state index in [0.29, 0.717) is 11.3 Å². The van der Waals surface area contributed by atoms with Crippen molar-refractivity contribution in [2.45, 2.75) is 13.5 Å². The average molecular weight is 335 g/mol. The zero-order valence-corrected chi connectivity index (χ0v) is 12.8. The summed E-state index contributed by atoms with van der Waals surface area (Å²) in [7, 11) is 0. The molecule has 0 saturated carbocycles. The lowest BCUT2D eigenvalue weighted by Crippen LogP contribution is -2.12. The summed E-state index contributed by atoms with van der Waals surface area (Å²) in [4.78, 5) is 23.6. The number of halogens is 2. The topological polar surface area (TPSA) is 64.6 Å². The van der Waals surface area contributed by atoms with E-state index in [0.717, 1.165) is 0 Å². The predicted molar refractivity (Wildman–Crippen MR) is 83.4 cm³/mol. The molecule has 0 bridgehead atoms. The lowest BCUT2D eigenvalue weighted by Gasteiger charge is -2.08. The van der Waals surface area contributed by atoms with E-state index in [1.54, 1.807) is 19.1 Å². The maximum atomic E-state index is 12.1. The van der Waals surface area contributed by atoms with Crippen LogP contribution in [-0.4, -0.2) is 25.1 Å². The van der Waals surface area contributed by atoms with Gasteiger partial charge in [0.05, 0.1) is 12.2 Å². The van der Waals surface area contributed by atoms with Crippen molar-refractivity contribution in [3.63, 3.8) is 0 Å². The number of carbonyl (C=O) groups excluding carboxylic acids is 2. The third-order valence-corrected chi connectivity index (χ3v) is 3.00. The number of hydrogen-bond donors (Lipinski definition) is 1. The molecule has 7 heteroatoms. The molecule has 1 N–H and O–H groups in total. The van der Waals surface area contributed by atoms with Gasteiger partial charge in [0.2, 0.25) is 0 Å². The Bertz CT molecular complexity index is 700. The highest BCUT2D eigenvalue weighted by molar-refractivity contribution is 6.04. The number of rotatable bonds is 6. The minimum Gasteiger partial charge on any atom is -0.462 e. The second-order valence-electron chi connectivity index (χ2n) is 4.65. The molecule has 0 aromatic heterocycles. The van der Waals surface area contributed by atoms with Crippen LogP contribution in [0.2, 0.25) is 0 Å². The van der Waals surface area contributed by atoms with Crippen LogP contribution in [0.4, 0.5) is 14.5 Å². The SMILES string of the molecule is CCOC(=O)c1ccc(NC(=O)c2ccc(OC(F)F)cc2)cc1. The molecule has 2 aromatic rings. The van der Waals surface area contributed by atoms with E-state index in [2.05, 4.69) is 10.1 Å². The highest BCUT2D eigenvalue weighted by atomic mass is 19.3. The fraction of sp³-hybridized carbons (Fsp3) is 0.176. The first kappa shape index (κ1) is 17.4. The van der Waals surface area contributed by atoms with Crippen molar-refractivity contribution in [3.8, 4) is 5.75 Å². The second kappa shape index (κ2) is 8.05. The zero-order chi connectivity index (χ0) is 17.5. The van der Waals surface area contributed by atoms with Gasteiger partial charge in [-0.05, 0) is 55.5 Å². The minimum absolute atomic E-state index is 0.0275. The van der Waals surface area contributed by atoms with Gasteiger partial charge in [0, 0.05) is 11.3 Å². The number of carbonyl (C=O) groups is 2. The van der Waals surface area contributed by atoms with Gasteiger partial charge in [0.15, 0.2) is 0 Å². The molecule has 0 aliphatic heterocycles. The third kappa shape index (κ3) is 4.77. The van der Waals surface area contributed by atoms with Crippen molar-refractivity contribution in [1.29, 1.82) is 0 Å². The fourth-order valence-corrected chi connectivity index (χ4v) is 1.90. The molecule has 5 nitrogen and oxygen atoms in total. The van der Waals surface area contributed by atoms with E-state index in [1.165, 1.54) is 36.4 Å². The summed E-state index contributed by atoms with van der Waals surface area (Å²) < 4.78 is 33.2. The predicted octanol–water partition coefficient (Wildman–Crippen LogP) is 3.72. The first-order chi connectivity index (χ1) is 11.5. The molecule has 0 spiro atoms. The van der Waals surface area contributed by atoms with Crippen molar-refractivity contribution >= 4 is 17.6 Å². The smallest absolute Gasteiger partial charge is 0.387 e. The zero-order valence-electron chi connectivity index (χ0n) is 12.8. The molecule has 0 fully saturated rings. The van der Waals surface area contributed by atoms with Crippen LogP contribution in [0.5, 0.6) is 5.75 Å². The van der Waals surface area contributed by atoms with Crippen molar-refractivity contribution in [2.75, 3.05) is 11.9 Å². The van der Waals surface area contributed by atoms with Crippen LogP contribution >= 0.6 is 0 Å². The van der Waals surface area contributed by atoms with E-state index in [1.807, 2.05) is 0 Å². The maximum absolute atomic E-state index is 12.1. The van der Waals surface area contributed by atoms with Crippen LogP contribution in [0.25, 0.3) is 0 Å². The van der Waals surface area contributed by atoms with E-state index < -0.39 is 18.5 Å². The molecule has 24 heavy (non-hydrogen) atoms. The summed E-state index contributed by atoms with van der Waals surface area (Å²) in [5, 5.41) is 2.64. The number of nitrogens with one attached hydrogen (secondary N) is 1. The first-order valence-corrected chi connectivity index (χ1v) is 7.13. The Kier molecular flexibility index (Phi) is 5.83. The third-order valence-electron chi connectivity index (χ3n) is 3.00. The molecule has 126 valence electrons. The lowest BCUT2D eigenvalue weighted by atomic mass is 10.1. The summed E-state index contributed by atoms with van der Waals surface area (Å²) in [5.41, 5.74) is 1.15. The monoisotopic (exact) mass is 335 g/mol. The summed E-state index contributed by atoms with van der Waals surface area (Å²) in [6.45, 7) is -0.922. The van der Waals surface area contributed by atoms with Gasteiger partial charge in [-0.25, -0.2) is 4.79 Å². The Morgan fingerprint density at radius 1 is 1.00 bits per heavy atom. The number of amides is 1. The Balaban J connectivity index is 2.00. The van der Waals surface area contributed by atoms with Gasteiger partial charge in [-0.15, -0.1) is 0 Å². The molecule has 2 aromatic carbocycles. The van der Waals surface area contributed by atoms with E-state index in [4.69, 9.17) is 4.74 Å². The number of ether oxygens (including phenoxy) is 2. The first-order valence-electron chi connectivity index (χ1n) is 7.13. The molecule has 0 aliphatic rings. The van der Waals surface area contributed by atoms with Gasteiger partial charge in [0.25, 0.3) is 5.91 Å². The van der Waals surface area contributed by atoms with Crippen molar-refractivity contribution in [2.24, 2.45) is 0 Å². The Hall–Kier alpha value is -2.96. The maximum Gasteiger partial charge on any atom is 0.387 e. The molecule has 2 rings (SSSR count).